The summed E-state index contributed by atoms with van der Waals surface area (Å²) in [7, 11) is 0. The number of hydrogen-bond donors (Lipinski definition) is 2. The SMILES string of the molecule is CC(C)CNC(=O)c1ccccc1NC(=O)CCOc1ccccc1Cl. The maximum atomic E-state index is 12.3. The highest BCUT2D eigenvalue weighted by Gasteiger charge is 2.13. The van der Waals surface area contributed by atoms with Crippen LogP contribution in [0.2, 0.25) is 5.02 Å². The maximum absolute atomic E-state index is 12.3. The van der Waals surface area contributed by atoms with Gasteiger partial charge < -0.3 is 15.4 Å². The average Bonchev–Trinajstić information content (AvgIpc) is 2.61. The predicted molar refractivity (Wildman–Crippen MR) is 104 cm³/mol. The molecule has 2 aromatic rings. The number of benzene rings is 2. The van der Waals surface area contributed by atoms with E-state index in [2.05, 4.69) is 10.6 Å². The van der Waals surface area contributed by atoms with Gasteiger partial charge >= 0.3 is 0 Å². The van der Waals surface area contributed by atoms with Crippen LogP contribution in [0.3, 0.4) is 0 Å². The zero-order valence-electron chi connectivity index (χ0n) is 14.9. The smallest absolute Gasteiger partial charge is 0.253 e. The second kappa shape index (κ2) is 9.82. The molecule has 0 radical (unpaired) electrons. The Balaban J connectivity index is 1.90. The number of carbonyl (C=O) groups excluding carboxylic acids is 2. The number of hydrogen-bond acceptors (Lipinski definition) is 3. The lowest BCUT2D eigenvalue weighted by molar-refractivity contribution is -0.116. The standard InChI is InChI=1S/C20H23ClN2O3/c1-14(2)13-22-20(25)15-7-3-5-9-17(15)23-19(24)11-12-26-18-10-6-4-8-16(18)21/h3-10,14H,11-13H2,1-2H3,(H,22,25)(H,23,24). The van der Waals surface area contributed by atoms with E-state index in [0.29, 0.717) is 34.5 Å². The fourth-order valence-corrected chi connectivity index (χ4v) is 2.40. The summed E-state index contributed by atoms with van der Waals surface area (Å²) in [6.45, 7) is 4.81. The molecule has 0 aliphatic heterocycles. The number of anilines is 1. The van der Waals surface area contributed by atoms with Gasteiger partial charge in [0.1, 0.15) is 5.75 Å². The molecule has 0 aliphatic carbocycles. The number of nitrogens with one attached hydrogen (secondary N) is 2. The van der Waals surface area contributed by atoms with Crippen LogP contribution in [-0.4, -0.2) is 25.0 Å². The topological polar surface area (TPSA) is 67.4 Å². The molecule has 2 aromatic carbocycles. The number of ether oxygens (including phenoxy) is 1. The minimum Gasteiger partial charge on any atom is -0.491 e. The van der Waals surface area contributed by atoms with Gasteiger partial charge in [0, 0.05) is 6.54 Å². The van der Waals surface area contributed by atoms with E-state index in [1.54, 1.807) is 36.4 Å². The van der Waals surface area contributed by atoms with E-state index in [-0.39, 0.29) is 24.8 Å². The fraction of sp³-hybridized carbons (Fsp3) is 0.300. The molecule has 2 N–H and O–H groups in total. The molecule has 0 atom stereocenters. The first-order valence-corrected chi connectivity index (χ1v) is 8.89. The molecule has 6 heteroatoms. The van der Waals surface area contributed by atoms with Crippen LogP contribution >= 0.6 is 11.6 Å². The molecule has 26 heavy (non-hydrogen) atoms. The van der Waals surface area contributed by atoms with E-state index in [9.17, 15) is 9.59 Å². The monoisotopic (exact) mass is 374 g/mol. The van der Waals surface area contributed by atoms with Crippen molar-refractivity contribution in [2.75, 3.05) is 18.5 Å². The molecule has 0 unspecified atom stereocenters. The Kier molecular flexibility index (Phi) is 7.48. The number of carbonyl (C=O) groups is 2. The van der Waals surface area contributed by atoms with Gasteiger partial charge in [-0.2, -0.15) is 0 Å². The van der Waals surface area contributed by atoms with E-state index < -0.39 is 0 Å². The maximum Gasteiger partial charge on any atom is 0.253 e. The highest BCUT2D eigenvalue weighted by molar-refractivity contribution is 6.32. The Labute approximate surface area is 158 Å². The lowest BCUT2D eigenvalue weighted by Crippen LogP contribution is -2.28. The first kappa shape index (κ1) is 19.8. The van der Waals surface area contributed by atoms with Gasteiger partial charge in [-0.3, -0.25) is 9.59 Å². The van der Waals surface area contributed by atoms with Gasteiger partial charge in [0.05, 0.1) is 29.3 Å². The lowest BCUT2D eigenvalue weighted by atomic mass is 10.1. The Hall–Kier alpha value is -2.53. The molecule has 0 heterocycles. The zero-order valence-corrected chi connectivity index (χ0v) is 15.7. The van der Waals surface area contributed by atoms with Crippen LogP contribution in [0.5, 0.6) is 5.75 Å². The summed E-state index contributed by atoms with van der Waals surface area (Å²) >= 11 is 6.01. The third-order valence-electron chi connectivity index (χ3n) is 3.54. The van der Waals surface area contributed by atoms with Gasteiger partial charge in [0.2, 0.25) is 5.91 Å². The van der Waals surface area contributed by atoms with Crippen LogP contribution in [0.25, 0.3) is 0 Å². The fourth-order valence-electron chi connectivity index (χ4n) is 2.21. The van der Waals surface area contributed by atoms with Crippen molar-refractivity contribution in [3.8, 4) is 5.75 Å². The van der Waals surface area contributed by atoms with Crippen molar-refractivity contribution in [2.45, 2.75) is 20.3 Å². The molecule has 138 valence electrons. The van der Waals surface area contributed by atoms with Gasteiger partial charge in [-0.05, 0) is 30.2 Å². The van der Waals surface area contributed by atoms with E-state index in [0.717, 1.165) is 0 Å². The first-order valence-electron chi connectivity index (χ1n) is 8.51. The number of rotatable bonds is 8. The Bertz CT molecular complexity index is 762. The van der Waals surface area contributed by atoms with Gasteiger partial charge in [0.15, 0.2) is 0 Å². The minimum atomic E-state index is -0.235. The molecular weight excluding hydrogens is 352 g/mol. The second-order valence-electron chi connectivity index (χ2n) is 6.23. The van der Waals surface area contributed by atoms with Crippen LogP contribution in [0.4, 0.5) is 5.69 Å². The van der Waals surface area contributed by atoms with Gasteiger partial charge in [-0.25, -0.2) is 0 Å². The molecule has 0 bridgehead atoms. The van der Waals surface area contributed by atoms with E-state index in [4.69, 9.17) is 16.3 Å². The Morgan fingerprint density at radius 3 is 2.50 bits per heavy atom. The molecule has 0 saturated carbocycles. The third-order valence-corrected chi connectivity index (χ3v) is 3.85. The van der Waals surface area contributed by atoms with Crippen molar-refractivity contribution in [1.29, 1.82) is 0 Å². The highest BCUT2D eigenvalue weighted by atomic mass is 35.5. The molecule has 2 amide bonds. The quantitative estimate of drug-likeness (QED) is 0.729. The molecule has 0 spiro atoms. The zero-order chi connectivity index (χ0) is 18.9. The molecule has 2 rings (SSSR count). The van der Waals surface area contributed by atoms with Crippen LogP contribution in [0.1, 0.15) is 30.6 Å². The van der Waals surface area contributed by atoms with Crippen molar-refractivity contribution in [3.05, 3.63) is 59.1 Å². The summed E-state index contributed by atoms with van der Waals surface area (Å²) < 4.78 is 5.52. The summed E-state index contributed by atoms with van der Waals surface area (Å²) in [4.78, 5) is 24.5. The van der Waals surface area contributed by atoms with Crippen molar-refractivity contribution >= 4 is 29.1 Å². The number of amides is 2. The molecule has 0 saturated heterocycles. The highest BCUT2D eigenvalue weighted by Crippen LogP contribution is 2.23. The summed E-state index contributed by atoms with van der Waals surface area (Å²) in [5.41, 5.74) is 0.921. The van der Waals surface area contributed by atoms with E-state index >= 15 is 0 Å². The predicted octanol–water partition coefficient (Wildman–Crippen LogP) is 4.13. The van der Waals surface area contributed by atoms with Crippen molar-refractivity contribution in [1.82, 2.24) is 5.32 Å². The molecular formula is C20H23ClN2O3. The van der Waals surface area contributed by atoms with Crippen LogP contribution in [0, 0.1) is 5.92 Å². The van der Waals surface area contributed by atoms with Crippen LogP contribution in [-0.2, 0) is 4.79 Å². The van der Waals surface area contributed by atoms with Crippen LogP contribution < -0.4 is 15.4 Å². The first-order chi connectivity index (χ1) is 12.5. The van der Waals surface area contributed by atoms with E-state index in [1.165, 1.54) is 0 Å². The molecule has 0 fully saturated rings. The summed E-state index contributed by atoms with van der Waals surface area (Å²) in [5, 5.41) is 6.12. The molecule has 5 nitrogen and oxygen atoms in total. The summed E-state index contributed by atoms with van der Waals surface area (Å²) in [6, 6.07) is 14.0. The summed E-state index contributed by atoms with van der Waals surface area (Å²) in [6.07, 6.45) is 0.146. The van der Waals surface area contributed by atoms with Gasteiger partial charge in [-0.1, -0.05) is 49.7 Å². The van der Waals surface area contributed by atoms with E-state index in [1.807, 2.05) is 26.0 Å². The van der Waals surface area contributed by atoms with Gasteiger partial charge in [-0.15, -0.1) is 0 Å². The number of halogens is 1. The normalized spacial score (nSPS) is 10.5. The van der Waals surface area contributed by atoms with Gasteiger partial charge in [0.25, 0.3) is 5.91 Å². The lowest BCUT2D eigenvalue weighted by Gasteiger charge is -2.13. The molecule has 0 aliphatic rings. The Morgan fingerprint density at radius 2 is 1.77 bits per heavy atom. The third kappa shape index (κ3) is 6.08. The van der Waals surface area contributed by atoms with Crippen molar-refractivity contribution in [2.24, 2.45) is 5.92 Å². The minimum absolute atomic E-state index is 0.146. The Morgan fingerprint density at radius 1 is 1.08 bits per heavy atom. The number of para-hydroxylation sites is 2. The molecule has 0 aromatic heterocycles. The second-order valence-corrected chi connectivity index (χ2v) is 6.63. The van der Waals surface area contributed by atoms with Crippen LogP contribution in [0.15, 0.2) is 48.5 Å². The summed E-state index contributed by atoms with van der Waals surface area (Å²) in [5.74, 6) is 0.446. The average molecular weight is 375 g/mol. The van der Waals surface area contributed by atoms with Crippen molar-refractivity contribution < 1.29 is 14.3 Å². The van der Waals surface area contributed by atoms with Crippen molar-refractivity contribution in [3.63, 3.8) is 0 Å². The largest absolute Gasteiger partial charge is 0.491 e.